The van der Waals surface area contributed by atoms with E-state index in [0.29, 0.717) is 0 Å². The molecule has 0 aromatic carbocycles. The third kappa shape index (κ3) is 2.89. The average molecular weight is 349 g/mol. The van der Waals surface area contributed by atoms with Crippen molar-refractivity contribution >= 4 is 5.82 Å². The first-order valence-electron chi connectivity index (χ1n) is 9.51. The summed E-state index contributed by atoms with van der Waals surface area (Å²) in [7, 11) is 0. The minimum Gasteiger partial charge on any atom is -0.441 e. The Hall–Kier alpha value is -2.63. The van der Waals surface area contributed by atoms with Gasteiger partial charge in [0.25, 0.3) is 0 Å². The maximum absolute atomic E-state index is 6.12. The molecule has 1 aliphatic heterocycles. The minimum atomic E-state index is 0.734. The van der Waals surface area contributed by atoms with Gasteiger partial charge in [-0.3, -0.25) is 0 Å². The van der Waals surface area contributed by atoms with E-state index in [1.54, 1.807) is 0 Å². The Labute approximate surface area is 152 Å². The Kier molecular flexibility index (Phi) is 3.96. The molecule has 0 unspecified atom stereocenters. The summed E-state index contributed by atoms with van der Waals surface area (Å²) in [5.41, 5.74) is 2.23. The van der Waals surface area contributed by atoms with E-state index in [1.807, 2.05) is 31.0 Å². The van der Waals surface area contributed by atoms with E-state index in [-0.39, 0.29) is 0 Å². The molecule has 6 nitrogen and oxygen atoms in total. The van der Waals surface area contributed by atoms with Crippen LogP contribution < -0.4 is 4.90 Å². The number of rotatable bonds is 4. The molecule has 0 bridgehead atoms. The fourth-order valence-electron chi connectivity index (χ4n) is 4.20. The van der Waals surface area contributed by atoms with E-state index in [9.17, 15) is 0 Å². The number of hydrogen-bond donors (Lipinski definition) is 0. The zero-order chi connectivity index (χ0) is 17.3. The second-order valence-corrected chi connectivity index (χ2v) is 7.35. The molecule has 0 N–H and O–H groups in total. The lowest BCUT2D eigenvalue weighted by molar-refractivity contribution is 0.437. The van der Waals surface area contributed by atoms with Crippen molar-refractivity contribution in [2.75, 3.05) is 11.4 Å². The Balaban J connectivity index is 1.41. The van der Waals surface area contributed by atoms with Gasteiger partial charge in [-0.15, -0.1) is 0 Å². The van der Waals surface area contributed by atoms with Crippen LogP contribution in [0, 0.1) is 5.92 Å². The van der Waals surface area contributed by atoms with E-state index in [4.69, 9.17) is 4.42 Å². The SMILES string of the molecule is c1cnc(N2CCn3cncc3C2)c(-c2cnc(CC3CCCC3)o2)c1. The predicted octanol–water partition coefficient (Wildman–Crippen LogP) is 3.69. The number of pyridine rings is 1. The number of imidazole rings is 1. The summed E-state index contributed by atoms with van der Waals surface area (Å²) in [6.45, 7) is 2.65. The highest BCUT2D eigenvalue weighted by molar-refractivity contribution is 5.71. The molecule has 0 radical (unpaired) electrons. The van der Waals surface area contributed by atoms with Crippen LogP contribution in [-0.4, -0.2) is 26.1 Å². The molecule has 5 rings (SSSR count). The lowest BCUT2D eigenvalue weighted by atomic mass is 10.0. The normalized spacial score (nSPS) is 17.6. The molecule has 1 aliphatic carbocycles. The second kappa shape index (κ2) is 6.59. The molecule has 4 heterocycles. The highest BCUT2D eigenvalue weighted by Gasteiger charge is 2.23. The zero-order valence-corrected chi connectivity index (χ0v) is 14.8. The topological polar surface area (TPSA) is 60.0 Å². The van der Waals surface area contributed by atoms with Crippen molar-refractivity contribution in [3.8, 4) is 11.3 Å². The molecule has 26 heavy (non-hydrogen) atoms. The largest absolute Gasteiger partial charge is 0.441 e. The third-order valence-corrected chi connectivity index (χ3v) is 5.61. The van der Waals surface area contributed by atoms with Crippen LogP contribution in [0.3, 0.4) is 0 Å². The molecule has 3 aromatic rings. The molecular weight excluding hydrogens is 326 g/mol. The monoisotopic (exact) mass is 349 g/mol. The van der Waals surface area contributed by atoms with Crippen molar-refractivity contribution in [1.29, 1.82) is 0 Å². The number of nitrogens with zero attached hydrogens (tertiary/aromatic N) is 5. The van der Waals surface area contributed by atoms with Gasteiger partial charge in [0.2, 0.25) is 0 Å². The first-order chi connectivity index (χ1) is 12.9. The molecule has 1 fully saturated rings. The van der Waals surface area contributed by atoms with Crippen LogP contribution in [0.2, 0.25) is 0 Å². The number of oxazole rings is 1. The standard InChI is InChI=1S/C20H23N5O/c1-2-5-15(4-1)10-19-23-12-18(26-19)17-6-3-7-22-20(17)24-8-9-25-14-21-11-16(25)13-24/h3,6-7,11-12,14-15H,1-2,4-5,8-10,13H2. The molecule has 3 aromatic heterocycles. The van der Waals surface area contributed by atoms with E-state index in [2.05, 4.69) is 30.5 Å². The Morgan fingerprint density at radius 2 is 2.04 bits per heavy atom. The van der Waals surface area contributed by atoms with Gasteiger partial charge in [-0.25, -0.2) is 15.0 Å². The van der Waals surface area contributed by atoms with Gasteiger partial charge in [0.1, 0.15) is 5.82 Å². The lowest BCUT2D eigenvalue weighted by Crippen LogP contribution is -2.33. The zero-order valence-electron chi connectivity index (χ0n) is 14.8. The van der Waals surface area contributed by atoms with Gasteiger partial charge in [-0.05, 0) is 30.9 Å². The summed E-state index contributed by atoms with van der Waals surface area (Å²) in [6, 6.07) is 4.04. The van der Waals surface area contributed by atoms with Gasteiger partial charge in [-0.1, -0.05) is 12.8 Å². The second-order valence-electron chi connectivity index (χ2n) is 7.35. The maximum atomic E-state index is 6.12. The van der Waals surface area contributed by atoms with E-state index < -0.39 is 0 Å². The molecule has 0 amide bonds. The molecule has 6 heteroatoms. The van der Waals surface area contributed by atoms with Crippen LogP contribution in [-0.2, 0) is 19.5 Å². The molecule has 0 spiro atoms. The van der Waals surface area contributed by atoms with E-state index >= 15 is 0 Å². The summed E-state index contributed by atoms with van der Waals surface area (Å²) >= 11 is 0. The van der Waals surface area contributed by atoms with Crippen LogP contribution in [0.15, 0.2) is 41.5 Å². The summed E-state index contributed by atoms with van der Waals surface area (Å²) < 4.78 is 8.32. The number of hydrogen-bond acceptors (Lipinski definition) is 5. The summed E-state index contributed by atoms with van der Waals surface area (Å²) in [5, 5.41) is 0. The van der Waals surface area contributed by atoms with Crippen molar-refractivity contribution in [3.63, 3.8) is 0 Å². The molecule has 2 aliphatic rings. The van der Waals surface area contributed by atoms with Crippen molar-refractivity contribution in [1.82, 2.24) is 19.5 Å². The average Bonchev–Trinajstić information content (AvgIpc) is 3.43. The molecule has 0 atom stereocenters. The minimum absolute atomic E-state index is 0.734. The van der Waals surface area contributed by atoms with Gasteiger partial charge < -0.3 is 13.9 Å². The summed E-state index contributed by atoms with van der Waals surface area (Å²) in [6.07, 6.45) is 13.8. The van der Waals surface area contributed by atoms with Crippen LogP contribution in [0.4, 0.5) is 5.82 Å². The van der Waals surface area contributed by atoms with Crippen molar-refractivity contribution < 1.29 is 4.42 Å². The van der Waals surface area contributed by atoms with E-state index in [0.717, 1.165) is 55.0 Å². The first kappa shape index (κ1) is 15.6. The smallest absolute Gasteiger partial charge is 0.195 e. The Morgan fingerprint density at radius 1 is 1.12 bits per heavy atom. The predicted molar refractivity (Wildman–Crippen MR) is 98.7 cm³/mol. The fraction of sp³-hybridized carbons (Fsp3) is 0.450. The van der Waals surface area contributed by atoms with Gasteiger partial charge in [0.15, 0.2) is 11.7 Å². The molecule has 0 saturated heterocycles. The number of fused-ring (bicyclic) bond motifs is 1. The van der Waals surface area contributed by atoms with Gasteiger partial charge in [0.05, 0.1) is 30.3 Å². The van der Waals surface area contributed by atoms with Crippen LogP contribution in [0.5, 0.6) is 0 Å². The molecule has 134 valence electrons. The first-order valence-corrected chi connectivity index (χ1v) is 9.51. The maximum Gasteiger partial charge on any atom is 0.195 e. The quantitative estimate of drug-likeness (QED) is 0.719. The summed E-state index contributed by atoms with van der Waals surface area (Å²) in [5.74, 6) is 3.37. The highest BCUT2D eigenvalue weighted by atomic mass is 16.4. The lowest BCUT2D eigenvalue weighted by Gasteiger charge is -2.30. The third-order valence-electron chi connectivity index (χ3n) is 5.61. The summed E-state index contributed by atoms with van der Waals surface area (Å²) in [4.78, 5) is 15.7. The molecular formula is C20H23N5O. The fourth-order valence-corrected chi connectivity index (χ4v) is 4.20. The highest BCUT2D eigenvalue weighted by Crippen LogP contribution is 2.33. The van der Waals surface area contributed by atoms with Crippen molar-refractivity contribution in [2.45, 2.75) is 45.2 Å². The van der Waals surface area contributed by atoms with Crippen LogP contribution in [0.1, 0.15) is 37.3 Å². The molecule has 1 saturated carbocycles. The number of anilines is 1. The van der Waals surface area contributed by atoms with Gasteiger partial charge >= 0.3 is 0 Å². The number of aromatic nitrogens is 4. The van der Waals surface area contributed by atoms with Gasteiger partial charge in [-0.2, -0.15) is 0 Å². The van der Waals surface area contributed by atoms with Crippen LogP contribution >= 0.6 is 0 Å². The van der Waals surface area contributed by atoms with Crippen molar-refractivity contribution in [2.24, 2.45) is 5.92 Å². The Morgan fingerprint density at radius 3 is 2.96 bits per heavy atom. The van der Waals surface area contributed by atoms with E-state index in [1.165, 1.54) is 31.4 Å². The van der Waals surface area contributed by atoms with Crippen LogP contribution in [0.25, 0.3) is 11.3 Å². The van der Waals surface area contributed by atoms with Gasteiger partial charge in [0, 0.05) is 31.9 Å². The Bertz CT molecular complexity index is 893. The van der Waals surface area contributed by atoms with Crippen molar-refractivity contribution in [3.05, 3.63) is 48.6 Å².